The third-order valence-electron chi connectivity index (χ3n) is 3.92. The summed E-state index contributed by atoms with van der Waals surface area (Å²) in [4.78, 5) is 13.4. The second-order valence-electron chi connectivity index (χ2n) is 5.81. The fourth-order valence-corrected chi connectivity index (χ4v) is 2.53. The molecule has 0 spiro atoms. The minimum Gasteiger partial charge on any atom is -0.346 e. The van der Waals surface area contributed by atoms with E-state index < -0.39 is 0 Å². The molecular formula is C18H26N4O. The van der Waals surface area contributed by atoms with Gasteiger partial charge in [-0.25, -0.2) is 0 Å². The van der Waals surface area contributed by atoms with Crippen LogP contribution in [0.4, 0.5) is 0 Å². The average Bonchev–Trinajstić information content (AvgIpc) is 3.04. The first-order valence-electron chi connectivity index (χ1n) is 8.24. The van der Waals surface area contributed by atoms with E-state index in [0.29, 0.717) is 13.0 Å². The number of aryl methyl sites for hydroxylation is 1. The van der Waals surface area contributed by atoms with E-state index in [1.807, 2.05) is 25.2 Å². The molecule has 0 aliphatic heterocycles. The topological polar surface area (TPSA) is 75.0 Å². The Bertz CT molecular complexity index is 594. The Morgan fingerprint density at radius 3 is 2.74 bits per heavy atom. The number of rotatable bonds is 9. The van der Waals surface area contributed by atoms with Crippen molar-refractivity contribution in [3.05, 3.63) is 42.1 Å². The highest BCUT2D eigenvalue weighted by atomic mass is 16.2. The number of aromatic nitrogens is 2. The van der Waals surface area contributed by atoms with Crippen molar-refractivity contribution in [2.45, 2.75) is 32.1 Å². The van der Waals surface area contributed by atoms with Gasteiger partial charge in [0.1, 0.15) is 0 Å². The zero-order valence-electron chi connectivity index (χ0n) is 13.8. The van der Waals surface area contributed by atoms with Crippen LogP contribution in [-0.4, -0.2) is 41.1 Å². The molecule has 1 heterocycles. The van der Waals surface area contributed by atoms with E-state index in [-0.39, 0.29) is 5.91 Å². The second-order valence-corrected chi connectivity index (χ2v) is 5.81. The molecule has 0 fully saturated rings. The van der Waals surface area contributed by atoms with Gasteiger partial charge in [0.15, 0.2) is 0 Å². The molecule has 0 aliphatic carbocycles. The summed E-state index contributed by atoms with van der Waals surface area (Å²) in [6, 6.07) is 12.3. The molecular weight excluding hydrogens is 288 g/mol. The minimum absolute atomic E-state index is 0.133. The maximum absolute atomic E-state index is 11.6. The van der Waals surface area contributed by atoms with E-state index in [0.717, 1.165) is 49.2 Å². The molecule has 0 atom stereocenters. The van der Waals surface area contributed by atoms with Gasteiger partial charge in [0, 0.05) is 37.8 Å². The first kappa shape index (κ1) is 17.2. The molecule has 0 saturated heterocycles. The van der Waals surface area contributed by atoms with Gasteiger partial charge in [-0.05, 0) is 25.3 Å². The van der Waals surface area contributed by atoms with Crippen molar-refractivity contribution in [3.63, 3.8) is 0 Å². The van der Waals surface area contributed by atoms with E-state index in [9.17, 15) is 4.79 Å². The number of aromatic amines is 1. The van der Waals surface area contributed by atoms with Crippen molar-refractivity contribution in [3.8, 4) is 11.3 Å². The number of nitrogens with two attached hydrogens (primary N) is 1. The van der Waals surface area contributed by atoms with Gasteiger partial charge in [-0.15, -0.1) is 0 Å². The molecule has 2 aromatic rings. The molecule has 0 radical (unpaired) electrons. The van der Waals surface area contributed by atoms with Crippen LogP contribution in [0.1, 0.15) is 31.4 Å². The molecule has 1 aromatic carbocycles. The Balaban J connectivity index is 1.67. The van der Waals surface area contributed by atoms with E-state index in [4.69, 9.17) is 5.73 Å². The Morgan fingerprint density at radius 2 is 2.00 bits per heavy atom. The normalized spacial score (nSPS) is 10.7. The number of H-pyrrole nitrogens is 1. The van der Waals surface area contributed by atoms with Gasteiger partial charge < -0.3 is 10.6 Å². The van der Waals surface area contributed by atoms with Crippen LogP contribution >= 0.6 is 0 Å². The summed E-state index contributed by atoms with van der Waals surface area (Å²) in [5.74, 6) is 0.133. The summed E-state index contributed by atoms with van der Waals surface area (Å²) < 4.78 is 0. The minimum atomic E-state index is 0.133. The van der Waals surface area contributed by atoms with Crippen LogP contribution in [0.5, 0.6) is 0 Å². The molecule has 3 N–H and O–H groups in total. The average molecular weight is 314 g/mol. The Labute approximate surface area is 137 Å². The molecule has 5 heteroatoms. The van der Waals surface area contributed by atoms with E-state index in [1.54, 1.807) is 4.90 Å². The van der Waals surface area contributed by atoms with Gasteiger partial charge in [0.2, 0.25) is 5.91 Å². The lowest BCUT2D eigenvalue weighted by molar-refractivity contribution is -0.129. The number of carbonyl (C=O) groups is 1. The number of nitrogens with one attached hydrogen (secondary N) is 1. The van der Waals surface area contributed by atoms with E-state index >= 15 is 0 Å². The number of unbranched alkanes of at least 4 members (excludes halogenated alkanes) is 2. The quantitative estimate of drug-likeness (QED) is 0.699. The summed E-state index contributed by atoms with van der Waals surface area (Å²) in [5.41, 5.74) is 8.69. The second kappa shape index (κ2) is 9.10. The summed E-state index contributed by atoms with van der Waals surface area (Å²) in [6.07, 6.45) is 4.63. The van der Waals surface area contributed by atoms with Crippen molar-refractivity contribution in [1.29, 1.82) is 0 Å². The zero-order valence-corrected chi connectivity index (χ0v) is 13.8. The zero-order chi connectivity index (χ0) is 16.5. The van der Waals surface area contributed by atoms with Crippen molar-refractivity contribution in [1.82, 2.24) is 15.1 Å². The molecule has 1 amide bonds. The van der Waals surface area contributed by atoms with Gasteiger partial charge in [-0.2, -0.15) is 5.10 Å². The first-order valence-corrected chi connectivity index (χ1v) is 8.24. The van der Waals surface area contributed by atoms with Crippen molar-refractivity contribution in [2.24, 2.45) is 5.73 Å². The summed E-state index contributed by atoms with van der Waals surface area (Å²) in [7, 11) is 1.85. The van der Waals surface area contributed by atoms with Crippen molar-refractivity contribution >= 4 is 5.91 Å². The number of benzene rings is 1. The molecule has 124 valence electrons. The lowest BCUT2D eigenvalue weighted by atomic mass is 10.1. The van der Waals surface area contributed by atoms with Crippen molar-refractivity contribution < 1.29 is 4.79 Å². The lowest BCUT2D eigenvalue weighted by Crippen LogP contribution is -2.29. The third kappa shape index (κ3) is 5.53. The molecule has 5 nitrogen and oxygen atoms in total. The largest absolute Gasteiger partial charge is 0.346 e. The van der Waals surface area contributed by atoms with E-state index in [1.165, 1.54) is 0 Å². The highest BCUT2D eigenvalue weighted by molar-refractivity contribution is 5.75. The molecule has 1 aromatic heterocycles. The van der Waals surface area contributed by atoms with E-state index in [2.05, 4.69) is 28.4 Å². The molecule has 0 saturated carbocycles. The highest BCUT2D eigenvalue weighted by Gasteiger charge is 2.07. The predicted octanol–water partition coefficient (Wildman–Crippen LogP) is 2.60. The fraction of sp³-hybridized carbons (Fsp3) is 0.444. The van der Waals surface area contributed by atoms with Crippen LogP contribution in [0, 0.1) is 0 Å². The first-order chi connectivity index (χ1) is 11.2. The predicted molar refractivity (Wildman–Crippen MR) is 92.9 cm³/mol. The van der Waals surface area contributed by atoms with Gasteiger partial charge in [0.25, 0.3) is 0 Å². The Hall–Kier alpha value is -2.14. The van der Waals surface area contributed by atoms with Crippen LogP contribution in [0.25, 0.3) is 11.3 Å². The summed E-state index contributed by atoms with van der Waals surface area (Å²) in [6.45, 7) is 1.23. The lowest BCUT2D eigenvalue weighted by Gasteiger charge is -2.16. The number of amides is 1. The van der Waals surface area contributed by atoms with Crippen LogP contribution in [0.2, 0.25) is 0 Å². The third-order valence-corrected chi connectivity index (χ3v) is 3.92. The maximum atomic E-state index is 11.6. The van der Waals surface area contributed by atoms with Gasteiger partial charge in [-0.3, -0.25) is 9.89 Å². The molecule has 23 heavy (non-hydrogen) atoms. The van der Waals surface area contributed by atoms with Crippen LogP contribution in [0.3, 0.4) is 0 Å². The van der Waals surface area contributed by atoms with Crippen LogP contribution < -0.4 is 5.73 Å². The molecule has 0 unspecified atom stereocenters. The number of nitrogens with zero attached hydrogens (tertiary/aromatic N) is 2. The van der Waals surface area contributed by atoms with Gasteiger partial charge in [-0.1, -0.05) is 36.8 Å². The standard InChI is InChI=1S/C18H26N4O/c1-22(18(23)11-12-19)13-7-3-6-10-16-14-17(21-20-16)15-8-4-2-5-9-15/h2,4-5,8-9,14H,3,6-7,10-13,19H2,1H3,(H,20,21). The molecule has 0 aliphatic rings. The monoisotopic (exact) mass is 314 g/mol. The smallest absolute Gasteiger partial charge is 0.223 e. The summed E-state index contributed by atoms with van der Waals surface area (Å²) >= 11 is 0. The summed E-state index contributed by atoms with van der Waals surface area (Å²) in [5, 5.41) is 7.48. The Kier molecular flexibility index (Phi) is 6.81. The maximum Gasteiger partial charge on any atom is 0.223 e. The van der Waals surface area contributed by atoms with Gasteiger partial charge in [0.05, 0.1) is 5.69 Å². The molecule has 2 rings (SSSR count). The van der Waals surface area contributed by atoms with Crippen LogP contribution in [0.15, 0.2) is 36.4 Å². The fourth-order valence-electron chi connectivity index (χ4n) is 2.53. The highest BCUT2D eigenvalue weighted by Crippen LogP contribution is 2.17. The number of hydrogen-bond donors (Lipinski definition) is 2. The van der Waals surface area contributed by atoms with Crippen LogP contribution in [-0.2, 0) is 11.2 Å². The SMILES string of the molecule is CN(CCCCCc1cc(-c2ccccc2)n[nH]1)C(=O)CCN. The number of carbonyl (C=O) groups excluding carboxylic acids is 1. The number of hydrogen-bond acceptors (Lipinski definition) is 3. The van der Waals surface area contributed by atoms with Gasteiger partial charge >= 0.3 is 0 Å². The molecule has 0 bridgehead atoms. The van der Waals surface area contributed by atoms with Crippen molar-refractivity contribution in [2.75, 3.05) is 20.1 Å². The Morgan fingerprint density at radius 1 is 1.22 bits per heavy atom.